The minimum absolute atomic E-state index is 0.569. The zero-order chi connectivity index (χ0) is 11.3. The highest BCUT2D eigenvalue weighted by atomic mass is 16.5. The molecule has 1 N–H and O–H groups in total. The molecule has 0 aliphatic rings. The van der Waals surface area contributed by atoms with Crippen LogP contribution in [0.4, 0.5) is 5.69 Å². The molecule has 0 amide bonds. The molecule has 0 saturated heterocycles. The predicted molar refractivity (Wildman–Crippen MR) is 65.7 cm³/mol. The van der Waals surface area contributed by atoms with Gasteiger partial charge in [0, 0.05) is 12.7 Å². The first-order valence-electron chi connectivity index (χ1n) is 5.60. The lowest BCUT2D eigenvalue weighted by atomic mass is 10.1. The molecule has 1 rings (SSSR count). The fourth-order valence-corrected chi connectivity index (χ4v) is 1.46. The molecule has 84 valence electrons. The smallest absolute Gasteiger partial charge is 0.119 e. The second-order valence-electron chi connectivity index (χ2n) is 4.13. The summed E-state index contributed by atoms with van der Waals surface area (Å²) in [6.07, 6.45) is 1.02. The van der Waals surface area contributed by atoms with Crippen molar-refractivity contribution in [2.75, 3.05) is 19.0 Å². The summed E-state index contributed by atoms with van der Waals surface area (Å²) in [5, 5.41) is 3.18. The van der Waals surface area contributed by atoms with E-state index in [2.05, 4.69) is 38.2 Å². The maximum atomic E-state index is 5.68. The van der Waals surface area contributed by atoms with Crippen LogP contribution in [0.1, 0.15) is 26.3 Å². The third kappa shape index (κ3) is 3.46. The van der Waals surface area contributed by atoms with Crippen LogP contribution in [-0.2, 0) is 6.42 Å². The van der Waals surface area contributed by atoms with Crippen LogP contribution >= 0.6 is 0 Å². The van der Waals surface area contributed by atoms with E-state index in [0.29, 0.717) is 5.92 Å². The molecular formula is C13H21NO. The van der Waals surface area contributed by atoms with Gasteiger partial charge < -0.3 is 10.1 Å². The minimum Gasteiger partial charge on any atom is -0.493 e. The monoisotopic (exact) mass is 207 g/mol. The Morgan fingerprint density at radius 2 is 2.07 bits per heavy atom. The van der Waals surface area contributed by atoms with Crippen LogP contribution in [0.3, 0.4) is 0 Å². The maximum absolute atomic E-state index is 5.68. The average Bonchev–Trinajstić information content (AvgIpc) is 2.25. The predicted octanol–water partition coefficient (Wildman–Crippen LogP) is 3.33. The van der Waals surface area contributed by atoms with Crippen molar-refractivity contribution in [3.8, 4) is 5.75 Å². The van der Waals surface area contributed by atoms with E-state index in [1.165, 1.54) is 11.3 Å². The van der Waals surface area contributed by atoms with Gasteiger partial charge in [0.25, 0.3) is 0 Å². The molecule has 1 aromatic rings. The van der Waals surface area contributed by atoms with Crippen LogP contribution in [0, 0.1) is 5.92 Å². The van der Waals surface area contributed by atoms with Gasteiger partial charge in [0.1, 0.15) is 5.75 Å². The van der Waals surface area contributed by atoms with Crippen LogP contribution in [-0.4, -0.2) is 13.7 Å². The van der Waals surface area contributed by atoms with Gasteiger partial charge in [-0.25, -0.2) is 0 Å². The summed E-state index contributed by atoms with van der Waals surface area (Å²) in [4.78, 5) is 0. The molecule has 0 fully saturated rings. The first-order chi connectivity index (χ1) is 7.17. The van der Waals surface area contributed by atoms with Gasteiger partial charge in [-0.15, -0.1) is 0 Å². The minimum atomic E-state index is 0.569. The molecule has 0 aliphatic carbocycles. The Morgan fingerprint density at radius 3 is 2.60 bits per heavy atom. The summed E-state index contributed by atoms with van der Waals surface area (Å²) in [7, 11) is 1.95. The van der Waals surface area contributed by atoms with E-state index in [0.717, 1.165) is 18.8 Å². The maximum Gasteiger partial charge on any atom is 0.119 e. The van der Waals surface area contributed by atoms with Crippen LogP contribution in [0.25, 0.3) is 0 Å². The van der Waals surface area contributed by atoms with Crippen molar-refractivity contribution in [2.45, 2.75) is 27.2 Å². The Morgan fingerprint density at radius 1 is 1.33 bits per heavy atom. The van der Waals surface area contributed by atoms with Crippen LogP contribution < -0.4 is 10.1 Å². The van der Waals surface area contributed by atoms with E-state index >= 15 is 0 Å². The molecule has 15 heavy (non-hydrogen) atoms. The van der Waals surface area contributed by atoms with Gasteiger partial charge >= 0.3 is 0 Å². The van der Waals surface area contributed by atoms with Crippen molar-refractivity contribution in [3.63, 3.8) is 0 Å². The number of rotatable bonds is 5. The van der Waals surface area contributed by atoms with Crippen molar-refractivity contribution in [1.82, 2.24) is 0 Å². The molecule has 0 saturated carbocycles. The van der Waals surface area contributed by atoms with Gasteiger partial charge in [0.15, 0.2) is 0 Å². The number of benzene rings is 1. The average molecular weight is 207 g/mol. The number of hydrogen-bond donors (Lipinski definition) is 1. The highest BCUT2D eigenvalue weighted by Crippen LogP contribution is 2.22. The Hall–Kier alpha value is -1.18. The standard InChI is InChI=1S/C13H21NO/c1-5-11-8-12(15-9-10(2)3)6-7-13(11)14-4/h6-8,10,14H,5,9H2,1-4H3. The number of aryl methyl sites for hydroxylation is 1. The van der Waals surface area contributed by atoms with Crippen LogP contribution in [0.5, 0.6) is 5.75 Å². The molecule has 0 atom stereocenters. The van der Waals surface area contributed by atoms with E-state index in [1.807, 2.05) is 13.1 Å². The number of ether oxygens (including phenoxy) is 1. The largest absolute Gasteiger partial charge is 0.493 e. The molecular weight excluding hydrogens is 186 g/mol. The van der Waals surface area contributed by atoms with E-state index < -0.39 is 0 Å². The van der Waals surface area contributed by atoms with E-state index in [-0.39, 0.29) is 0 Å². The Kier molecular flexibility index (Phi) is 4.47. The summed E-state index contributed by atoms with van der Waals surface area (Å²) >= 11 is 0. The summed E-state index contributed by atoms with van der Waals surface area (Å²) in [5.74, 6) is 1.54. The number of anilines is 1. The van der Waals surface area contributed by atoms with Crippen LogP contribution in [0.2, 0.25) is 0 Å². The number of hydrogen-bond acceptors (Lipinski definition) is 2. The molecule has 0 spiro atoms. The lowest BCUT2D eigenvalue weighted by Gasteiger charge is -2.12. The second-order valence-corrected chi connectivity index (χ2v) is 4.13. The van der Waals surface area contributed by atoms with Crippen molar-refractivity contribution in [1.29, 1.82) is 0 Å². The van der Waals surface area contributed by atoms with Crippen molar-refractivity contribution in [2.24, 2.45) is 5.92 Å². The molecule has 0 aliphatic heterocycles. The quantitative estimate of drug-likeness (QED) is 0.799. The fourth-order valence-electron chi connectivity index (χ4n) is 1.46. The molecule has 0 radical (unpaired) electrons. The zero-order valence-corrected chi connectivity index (χ0v) is 10.1. The van der Waals surface area contributed by atoms with Gasteiger partial charge in [0.05, 0.1) is 6.61 Å². The van der Waals surface area contributed by atoms with E-state index in [4.69, 9.17) is 4.74 Å². The van der Waals surface area contributed by atoms with Gasteiger partial charge in [-0.2, -0.15) is 0 Å². The Labute approximate surface area is 92.6 Å². The molecule has 0 heterocycles. The summed E-state index contributed by atoms with van der Waals surface area (Å²) in [6, 6.07) is 6.22. The van der Waals surface area contributed by atoms with Crippen molar-refractivity contribution < 1.29 is 4.74 Å². The summed E-state index contributed by atoms with van der Waals surface area (Å²) in [5.41, 5.74) is 2.49. The zero-order valence-electron chi connectivity index (χ0n) is 10.1. The topological polar surface area (TPSA) is 21.3 Å². The third-order valence-electron chi connectivity index (χ3n) is 2.31. The summed E-state index contributed by atoms with van der Waals surface area (Å²) < 4.78 is 5.68. The molecule has 0 aromatic heterocycles. The molecule has 0 bridgehead atoms. The Balaban J connectivity index is 2.74. The third-order valence-corrected chi connectivity index (χ3v) is 2.31. The lowest BCUT2D eigenvalue weighted by Crippen LogP contribution is -2.05. The fraction of sp³-hybridized carbons (Fsp3) is 0.538. The second kappa shape index (κ2) is 5.64. The van der Waals surface area contributed by atoms with Gasteiger partial charge in [0.2, 0.25) is 0 Å². The van der Waals surface area contributed by atoms with Gasteiger partial charge in [-0.3, -0.25) is 0 Å². The molecule has 2 nitrogen and oxygen atoms in total. The van der Waals surface area contributed by atoms with E-state index in [9.17, 15) is 0 Å². The summed E-state index contributed by atoms with van der Waals surface area (Å²) in [6.45, 7) is 7.25. The molecule has 0 unspecified atom stereocenters. The highest BCUT2D eigenvalue weighted by molar-refractivity contribution is 5.53. The van der Waals surface area contributed by atoms with Gasteiger partial charge in [-0.1, -0.05) is 20.8 Å². The van der Waals surface area contributed by atoms with Crippen molar-refractivity contribution >= 4 is 5.69 Å². The lowest BCUT2D eigenvalue weighted by molar-refractivity contribution is 0.271. The first kappa shape index (κ1) is 11.9. The van der Waals surface area contributed by atoms with Gasteiger partial charge in [-0.05, 0) is 36.1 Å². The molecule has 1 aromatic carbocycles. The first-order valence-corrected chi connectivity index (χ1v) is 5.60. The molecule has 2 heteroatoms. The van der Waals surface area contributed by atoms with Crippen molar-refractivity contribution in [3.05, 3.63) is 23.8 Å². The van der Waals surface area contributed by atoms with E-state index in [1.54, 1.807) is 0 Å². The highest BCUT2D eigenvalue weighted by Gasteiger charge is 2.02. The number of nitrogens with one attached hydrogen (secondary N) is 1. The van der Waals surface area contributed by atoms with Crippen LogP contribution in [0.15, 0.2) is 18.2 Å². The Bertz CT molecular complexity index is 307. The normalized spacial score (nSPS) is 10.5. The SMILES string of the molecule is CCc1cc(OCC(C)C)ccc1NC.